The molecule has 30 valence electrons. The van der Waals surface area contributed by atoms with Crippen LogP contribution in [0.2, 0.25) is 0 Å². The summed E-state index contributed by atoms with van der Waals surface area (Å²) in [7, 11) is -0.0258. The van der Waals surface area contributed by atoms with Gasteiger partial charge in [0, 0.05) is 0 Å². The second-order valence-corrected chi connectivity index (χ2v) is 4.29. The molecule has 5 heavy (non-hydrogen) atoms. The maximum atomic E-state index is 5.03. The normalized spacial score (nSPS) is 41.4. The monoisotopic (exact) mass is 106 g/mol. The van der Waals surface area contributed by atoms with E-state index in [2.05, 4.69) is 6.92 Å². The fourth-order valence-electron chi connectivity index (χ4n) is 0.204. The summed E-state index contributed by atoms with van der Waals surface area (Å²) in [5.41, 5.74) is 0.543. The van der Waals surface area contributed by atoms with Crippen molar-refractivity contribution in [1.29, 1.82) is 0 Å². The van der Waals surface area contributed by atoms with Crippen molar-refractivity contribution >= 4 is 20.1 Å². The van der Waals surface area contributed by atoms with Gasteiger partial charge in [-0.15, -0.1) is 11.2 Å². The Balaban J connectivity index is 2.08. The second-order valence-electron chi connectivity index (χ2n) is 1.02. The first-order valence-electron chi connectivity index (χ1n) is 1.63. The summed E-state index contributed by atoms with van der Waals surface area (Å²) in [6.07, 6.45) is 0. The van der Waals surface area contributed by atoms with Crippen LogP contribution >= 0.6 is 11.2 Å². The molecule has 3 heteroatoms. The number of hydrogen-bond acceptors (Lipinski definition) is 2. The predicted octanol–water partition coefficient (Wildman–Crippen LogP) is 0.0946. The Labute approximate surface area is 37.7 Å². The molecular weight excluding hydrogens is 100 g/mol. The topological polar surface area (TPSA) is 9.23 Å². The van der Waals surface area contributed by atoms with Gasteiger partial charge in [-0.3, -0.25) is 0 Å². The molecular formula is C2H6OSSi. The van der Waals surface area contributed by atoms with Crippen molar-refractivity contribution in [2.75, 3.05) is 0 Å². The van der Waals surface area contributed by atoms with Gasteiger partial charge in [0.15, 0.2) is 0 Å². The molecule has 1 heterocycles. The Morgan fingerprint density at radius 2 is 2.40 bits per heavy atom. The molecule has 0 aromatic rings. The van der Waals surface area contributed by atoms with E-state index in [1.165, 1.54) is 0 Å². The Hall–Kier alpha value is 0.527. The minimum Gasteiger partial charge on any atom is -0.402 e. The van der Waals surface area contributed by atoms with E-state index in [9.17, 15) is 0 Å². The third kappa shape index (κ3) is 0.679. The molecule has 0 amide bonds. The van der Waals surface area contributed by atoms with Crippen LogP contribution in [0.25, 0.3) is 0 Å². The van der Waals surface area contributed by atoms with Gasteiger partial charge < -0.3 is 4.43 Å². The van der Waals surface area contributed by atoms with Crippen LogP contribution in [0.4, 0.5) is 0 Å². The summed E-state index contributed by atoms with van der Waals surface area (Å²) in [5, 5.41) is 0. The van der Waals surface area contributed by atoms with E-state index in [1.54, 1.807) is 0 Å². The number of rotatable bonds is 0. The van der Waals surface area contributed by atoms with Gasteiger partial charge in [-0.25, -0.2) is 0 Å². The molecule has 1 aliphatic heterocycles. The van der Waals surface area contributed by atoms with Crippen molar-refractivity contribution in [3.63, 3.8) is 0 Å². The first-order valence-corrected chi connectivity index (χ1v) is 4.98. The lowest BCUT2D eigenvalue weighted by molar-refractivity contribution is 0.317. The molecule has 0 aromatic heterocycles. The highest BCUT2D eigenvalue weighted by Crippen LogP contribution is 2.19. The molecule has 0 radical (unpaired) electrons. The Morgan fingerprint density at radius 1 is 2.00 bits per heavy atom. The molecule has 1 aliphatic rings. The Morgan fingerprint density at radius 3 is 2.40 bits per heavy atom. The minimum absolute atomic E-state index is 0.0258. The Kier molecular flexibility index (Phi) is 0.980. The van der Waals surface area contributed by atoms with E-state index < -0.39 is 0 Å². The molecule has 0 spiro atoms. The molecule has 0 aromatic carbocycles. The molecule has 0 aliphatic carbocycles. The second kappa shape index (κ2) is 1.32. The SMILES string of the molecule is CC1O[SiH2]S1. The van der Waals surface area contributed by atoms with Gasteiger partial charge in [0.2, 0.25) is 8.91 Å². The smallest absolute Gasteiger partial charge is 0.226 e. The van der Waals surface area contributed by atoms with Crippen molar-refractivity contribution in [2.45, 2.75) is 12.4 Å². The van der Waals surface area contributed by atoms with Gasteiger partial charge in [-0.1, -0.05) is 0 Å². The zero-order valence-corrected chi connectivity index (χ0v) is 5.33. The van der Waals surface area contributed by atoms with Gasteiger partial charge >= 0.3 is 0 Å². The Bertz CT molecular complexity index is 36.6. The average molecular weight is 106 g/mol. The first kappa shape index (κ1) is 3.71. The number of hydrogen-bond donors (Lipinski definition) is 0. The van der Waals surface area contributed by atoms with Gasteiger partial charge in [0.05, 0.1) is 5.44 Å². The van der Waals surface area contributed by atoms with Crippen molar-refractivity contribution < 1.29 is 4.43 Å². The largest absolute Gasteiger partial charge is 0.402 e. The van der Waals surface area contributed by atoms with Crippen LogP contribution in [0.3, 0.4) is 0 Å². The maximum Gasteiger partial charge on any atom is 0.226 e. The summed E-state index contributed by atoms with van der Waals surface area (Å²) in [4.78, 5) is 0. The molecule has 1 rings (SSSR count). The van der Waals surface area contributed by atoms with E-state index in [4.69, 9.17) is 4.43 Å². The highest BCUT2D eigenvalue weighted by atomic mass is 32.4. The average Bonchev–Trinajstić information content (AvgIpc) is 1.30. The van der Waals surface area contributed by atoms with Crippen LogP contribution < -0.4 is 0 Å². The van der Waals surface area contributed by atoms with Crippen LogP contribution in [0.15, 0.2) is 0 Å². The van der Waals surface area contributed by atoms with Gasteiger partial charge in [-0.05, 0) is 6.92 Å². The van der Waals surface area contributed by atoms with Crippen LogP contribution in [0, 0.1) is 0 Å². The third-order valence-corrected chi connectivity index (χ3v) is 4.45. The quantitative estimate of drug-likeness (QED) is 0.405. The van der Waals surface area contributed by atoms with Gasteiger partial charge in [-0.2, -0.15) is 0 Å². The van der Waals surface area contributed by atoms with E-state index in [0.29, 0.717) is 5.44 Å². The molecule has 1 saturated heterocycles. The molecule has 0 N–H and O–H groups in total. The molecule has 0 saturated carbocycles. The lowest BCUT2D eigenvalue weighted by Crippen LogP contribution is -2.17. The van der Waals surface area contributed by atoms with Crippen LogP contribution in [0.1, 0.15) is 6.92 Å². The lowest BCUT2D eigenvalue weighted by Gasteiger charge is -2.20. The van der Waals surface area contributed by atoms with Crippen LogP contribution in [0.5, 0.6) is 0 Å². The van der Waals surface area contributed by atoms with Gasteiger partial charge in [0.1, 0.15) is 0 Å². The third-order valence-electron chi connectivity index (χ3n) is 0.605. The zero-order valence-electron chi connectivity index (χ0n) is 3.10. The van der Waals surface area contributed by atoms with Crippen molar-refractivity contribution in [2.24, 2.45) is 0 Å². The lowest BCUT2D eigenvalue weighted by atomic mass is 10.9. The van der Waals surface area contributed by atoms with Gasteiger partial charge in [0.25, 0.3) is 0 Å². The summed E-state index contributed by atoms with van der Waals surface area (Å²) in [6.45, 7) is 2.08. The van der Waals surface area contributed by atoms with Crippen molar-refractivity contribution in [3.05, 3.63) is 0 Å². The summed E-state index contributed by atoms with van der Waals surface area (Å²) in [5.74, 6) is 0. The molecule has 0 bridgehead atoms. The molecule has 1 unspecified atom stereocenters. The summed E-state index contributed by atoms with van der Waals surface area (Å²) < 4.78 is 5.03. The van der Waals surface area contributed by atoms with Crippen LogP contribution in [-0.2, 0) is 4.43 Å². The first-order chi connectivity index (χ1) is 2.39. The zero-order chi connectivity index (χ0) is 3.70. The van der Waals surface area contributed by atoms with Crippen molar-refractivity contribution in [1.82, 2.24) is 0 Å². The molecule has 1 atom stereocenters. The standard InChI is InChI=1S/C2H6OSSi/c1-2-3-5-4-2/h2H,5H2,1H3. The minimum atomic E-state index is -0.0258. The molecule has 1 nitrogen and oxygen atoms in total. The van der Waals surface area contributed by atoms with E-state index in [-0.39, 0.29) is 8.91 Å². The van der Waals surface area contributed by atoms with Crippen LogP contribution in [-0.4, -0.2) is 14.3 Å². The van der Waals surface area contributed by atoms with E-state index >= 15 is 0 Å². The highest BCUT2D eigenvalue weighted by Gasteiger charge is 2.10. The maximum absolute atomic E-state index is 5.03. The highest BCUT2D eigenvalue weighted by molar-refractivity contribution is 8.24. The molecule has 1 fully saturated rings. The summed E-state index contributed by atoms with van der Waals surface area (Å²) in [6, 6.07) is 0. The van der Waals surface area contributed by atoms with E-state index in [1.807, 2.05) is 11.2 Å². The fraction of sp³-hybridized carbons (Fsp3) is 1.00. The summed E-state index contributed by atoms with van der Waals surface area (Å²) >= 11 is 1.98. The predicted molar refractivity (Wildman–Crippen MR) is 26.7 cm³/mol. The fourth-order valence-corrected chi connectivity index (χ4v) is 1.84. The van der Waals surface area contributed by atoms with E-state index in [0.717, 1.165) is 0 Å². The van der Waals surface area contributed by atoms with Crippen molar-refractivity contribution in [3.8, 4) is 0 Å².